The van der Waals surface area contributed by atoms with Gasteiger partial charge >= 0.3 is 24.3 Å². The highest BCUT2D eigenvalue weighted by molar-refractivity contribution is 5.97. The second kappa shape index (κ2) is 41.7. The van der Waals surface area contributed by atoms with Crippen LogP contribution in [0.3, 0.4) is 0 Å². The number of carboxylic acid groups (broad SMARTS) is 2. The first-order valence-corrected chi connectivity index (χ1v) is 29.7. The van der Waals surface area contributed by atoms with Crippen LogP contribution in [0, 0.1) is 0 Å². The molecule has 0 aliphatic rings. The first-order valence-electron chi connectivity index (χ1n) is 29.7. The number of aromatic hydroxyl groups is 2. The van der Waals surface area contributed by atoms with E-state index >= 15 is 0 Å². The molecule has 14 N–H and O–H groups in total. The molecule has 97 heavy (non-hydrogen) atoms. The average molecular weight is 1360 g/mol. The van der Waals surface area contributed by atoms with Gasteiger partial charge in [-0.15, -0.1) is 0 Å². The van der Waals surface area contributed by atoms with Gasteiger partial charge in [-0.2, -0.15) is 26.3 Å². The molecule has 0 aliphatic heterocycles. The van der Waals surface area contributed by atoms with Crippen molar-refractivity contribution in [3.8, 4) is 11.5 Å². The van der Waals surface area contributed by atoms with Crippen molar-refractivity contribution in [2.24, 2.45) is 21.5 Å². The van der Waals surface area contributed by atoms with Gasteiger partial charge in [0.1, 0.15) is 36.8 Å². The second-order valence-corrected chi connectivity index (χ2v) is 20.6. The van der Waals surface area contributed by atoms with E-state index in [1.807, 2.05) is 121 Å². The number of phenolic OH excluding ortho intramolecular Hbond substituents is 2. The lowest BCUT2D eigenvalue weighted by atomic mass is 9.90. The number of amides is 6. The van der Waals surface area contributed by atoms with Crippen LogP contribution in [-0.4, -0.2) is 157 Å². The SMILES string of the molecule is NC(=NCCC[C@@H](NC(=O)C(c1ccccc1)c1ccccc1)C(=O)NCc1ccc(O)cc1)NC(=O)COCCOCCOCC(=O)NC(N)=NCCC[C@@H](NC(=O)C(c1ccccc1)c1ccccc1)C(=O)NCc1ccc(O)cc1.O=C(O)C(F)(F)F.O=C(O)C(F)(F)F. The van der Waals surface area contributed by atoms with Gasteiger partial charge in [0.05, 0.1) is 38.3 Å². The van der Waals surface area contributed by atoms with Crippen molar-refractivity contribution in [3.63, 3.8) is 0 Å². The predicted molar refractivity (Wildman–Crippen MR) is 341 cm³/mol. The molecule has 0 spiro atoms. The van der Waals surface area contributed by atoms with E-state index in [1.54, 1.807) is 24.3 Å². The van der Waals surface area contributed by atoms with E-state index in [0.29, 0.717) is 12.8 Å². The number of phenols is 2. The zero-order valence-corrected chi connectivity index (χ0v) is 52.0. The van der Waals surface area contributed by atoms with Crippen LogP contribution in [0.5, 0.6) is 11.5 Å². The molecule has 0 saturated heterocycles. The maximum atomic E-state index is 14.0. The summed E-state index contributed by atoms with van der Waals surface area (Å²) in [6, 6.07) is 48.1. The van der Waals surface area contributed by atoms with Gasteiger partial charge in [-0.25, -0.2) is 9.59 Å². The molecule has 520 valence electrons. The van der Waals surface area contributed by atoms with Crippen LogP contribution in [0.1, 0.15) is 70.9 Å². The minimum Gasteiger partial charge on any atom is -0.508 e. The number of carbonyl (C=O) groups is 8. The highest BCUT2D eigenvalue weighted by atomic mass is 19.4. The van der Waals surface area contributed by atoms with Crippen LogP contribution < -0.4 is 43.4 Å². The Morgan fingerprint density at radius 1 is 0.423 bits per heavy atom. The first-order chi connectivity index (χ1) is 46.2. The monoisotopic (exact) mass is 1360 g/mol. The van der Waals surface area contributed by atoms with Crippen molar-refractivity contribution >= 4 is 59.3 Å². The van der Waals surface area contributed by atoms with E-state index in [9.17, 15) is 65.3 Å². The molecule has 6 amide bonds. The van der Waals surface area contributed by atoms with Gasteiger partial charge in [0.2, 0.25) is 23.6 Å². The minimum absolute atomic E-state index is 0.0642. The summed E-state index contributed by atoms with van der Waals surface area (Å²) in [6.45, 7) is 0.301. The summed E-state index contributed by atoms with van der Waals surface area (Å²) in [7, 11) is 0. The van der Waals surface area contributed by atoms with E-state index in [0.717, 1.165) is 33.4 Å². The minimum atomic E-state index is -5.08. The number of benzene rings is 6. The Kier molecular flexibility index (Phi) is 33.8. The Morgan fingerprint density at radius 2 is 0.701 bits per heavy atom. The lowest BCUT2D eigenvalue weighted by molar-refractivity contribution is -0.193. The molecule has 0 saturated carbocycles. The highest BCUT2D eigenvalue weighted by Crippen LogP contribution is 2.27. The lowest BCUT2D eigenvalue weighted by Crippen LogP contribution is -2.48. The van der Waals surface area contributed by atoms with Gasteiger partial charge in [0.25, 0.3) is 11.8 Å². The van der Waals surface area contributed by atoms with Crippen LogP contribution in [0.4, 0.5) is 26.3 Å². The fourth-order valence-electron chi connectivity index (χ4n) is 8.57. The van der Waals surface area contributed by atoms with Gasteiger partial charge in [-0.05, 0) is 83.3 Å². The molecule has 25 nitrogen and oxygen atoms in total. The first kappa shape index (κ1) is 78.5. The van der Waals surface area contributed by atoms with E-state index in [2.05, 4.69) is 41.9 Å². The van der Waals surface area contributed by atoms with E-state index in [4.69, 9.17) is 45.5 Å². The van der Waals surface area contributed by atoms with Crippen LogP contribution in [-0.2, 0) is 65.7 Å². The molecule has 6 rings (SSSR count). The number of aliphatic imine (C=N–C) groups is 2. The number of hydrogen-bond acceptors (Lipinski definition) is 15. The lowest BCUT2D eigenvalue weighted by Gasteiger charge is -2.23. The van der Waals surface area contributed by atoms with E-state index in [1.165, 1.54) is 24.3 Å². The van der Waals surface area contributed by atoms with Crippen molar-refractivity contribution in [1.29, 1.82) is 0 Å². The Bertz CT molecular complexity index is 3180. The highest BCUT2D eigenvalue weighted by Gasteiger charge is 2.39. The summed E-state index contributed by atoms with van der Waals surface area (Å²) < 4.78 is 79.7. The molecule has 0 radical (unpaired) electrons. The molecule has 31 heteroatoms. The van der Waals surface area contributed by atoms with Gasteiger partial charge in [0, 0.05) is 26.2 Å². The number of alkyl halides is 6. The molecular formula is C66H74F6N10O15. The number of carbonyl (C=O) groups excluding carboxylic acids is 6. The molecule has 0 aliphatic carbocycles. The van der Waals surface area contributed by atoms with Crippen molar-refractivity contribution < 1.29 is 99.3 Å². The fraction of sp³-hybridized carbons (Fsp3) is 0.303. The predicted octanol–water partition coefficient (Wildman–Crippen LogP) is 5.40. The number of aliphatic carboxylic acids is 2. The Hall–Kier alpha value is -10.9. The molecule has 6 aromatic carbocycles. The summed E-state index contributed by atoms with van der Waals surface area (Å²) in [6.07, 6.45) is -9.11. The third kappa shape index (κ3) is 31.3. The molecule has 0 bridgehead atoms. The number of nitrogens with two attached hydrogens (primary N) is 2. The Labute approximate surface area is 552 Å². The van der Waals surface area contributed by atoms with Gasteiger partial charge in [-0.1, -0.05) is 146 Å². The molecule has 6 aromatic rings. The number of halogens is 6. The zero-order chi connectivity index (χ0) is 71.2. The summed E-state index contributed by atoms with van der Waals surface area (Å²) in [5, 5.41) is 50.1. The number of rotatable bonds is 32. The molecule has 0 heterocycles. The molecule has 0 unspecified atom stereocenters. The summed E-state index contributed by atoms with van der Waals surface area (Å²) in [5.74, 6) is -9.61. The maximum absolute atomic E-state index is 14.0. The van der Waals surface area contributed by atoms with Crippen LogP contribution in [0.15, 0.2) is 180 Å². The number of nitrogens with one attached hydrogen (secondary N) is 6. The third-order valence-electron chi connectivity index (χ3n) is 13.2. The van der Waals surface area contributed by atoms with Crippen LogP contribution >= 0.6 is 0 Å². The van der Waals surface area contributed by atoms with Crippen molar-refractivity contribution in [2.75, 3.05) is 52.7 Å². The molecule has 2 atom stereocenters. The number of nitrogens with zero attached hydrogens (tertiary/aromatic N) is 2. The van der Waals surface area contributed by atoms with Crippen molar-refractivity contribution in [3.05, 3.63) is 203 Å². The summed E-state index contributed by atoms with van der Waals surface area (Å²) in [5.41, 5.74) is 16.5. The number of carboxylic acids is 2. The second-order valence-electron chi connectivity index (χ2n) is 20.6. The normalized spacial score (nSPS) is 12.1. The molecular weight excluding hydrogens is 1290 g/mol. The number of hydrogen-bond donors (Lipinski definition) is 12. The van der Waals surface area contributed by atoms with Gasteiger partial charge in [-0.3, -0.25) is 49.4 Å². The Morgan fingerprint density at radius 3 is 0.979 bits per heavy atom. The standard InChI is InChI=1S/C62H72N10O11.2C2HF3O2/c63-61(65-33-13-23-51(57(77)67-39-43-25-29-49(73)30-26-43)69-59(79)55(45-15-5-1-6-16-45)46-17-7-2-8-18-46)71-53(75)41-82-37-35-81-36-38-83-42-54(76)72-62(64)66-34-14-24-52(58(78)68-40-44-27-31-50(74)32-28-44)70-60(80)56(47-19-9-3-10-20-47)48-21-11-4-12-22-48;2*3-2(4,5)1(6)7/h1-12,15-22,25-32,51-52,55-56,73-74H,13-14,23-24,33-42H2,(H,67,77)(H,68,78)(H,69,79)(H,70,80)(H3,63,65,71,75)(H3,64,66,72,76);2*(H,6,7)/t51-,52-;;/m1../s1. The summed E-state index contributed by atoms with van der Waals surface area (Å²) >= 11 is 0. The Balaban J connectivity index is 0.00000128. The molecule has 0 fully saturated rings. The van der Waals surface area contributed by atoms with Crippen molar-refractivity contribution in [1.82, 2.24) is 31.9 Å². The largest absolute Gasteiger partial charge is 0.508 e. The van der Waals surface area contributed by atoms with E-state index in [-0.39, 0.29) is 114 Å². The quantitative estimate of drug-likeness (QED) is 0.0109. The zero-order valence-electron chi connectivity index (χ0n) is 52.0. The van der Waals surface area contributed by atoms with Gasteiger partial charge in [0.15, 0.2) is 11.9 Å². The average Bonchev–Trinajstić information content (AvgIpc) is 0.873. The van der Waals surface area contributed by atoms with Crippen LogP contribution in [0.25, 0.3) is 0 Å². The fourth-order valence-corrected chi connectivity index (χ4v) is 8.57. The van der Waals surface area contributed by atoms with Crippen LogP contribution in [0.2, 0.25) is 0 Å². The number of guanidine groups is 2. The number of ether oxygens (including phenoxy) is 3. The third-order valence-corrected chi connectivity index (χ3v) is 13.2. The van der Waals surface area contributed by atoms with E-state index < -0.39 is 71.8 Å². The van der Waals surface area contributed by atoms with Crippen molar-refractivity contribution in [2.45, 2.75) is 75.0 Å². The molecule has 0 aromatic heterocycles. The smallest absolute Gasteiger partial charge is 0.490 e. The van der Waals surface area contributed by atoms with Gasteiger partial charge < -0.3 is 67.4 Å². The summed E-state index contributed by atoms with van der Waals surface area (Å²) in [4.78, 5) is 106. The maximum Gasteiger partial charge on any atom is 0.490 e. The topological polar surface area (TPSA) is 394 Å².